The summed E-state index contributed by atoms with van der Waals surface area (Å²) in [5.74, 6) is -0.245. The van der Waals surface area contributed by atoms with Crippen LogP contribution in [0.25, 0.3) is 0 Å². The first-order valence-electron chi connectivity index (χ1n) is 7.84. The summed E-state index contributed by atoms with van der Waals surface area (Å²) in [6.07, 6.45) is 1.87. The highest BCUT2D eigenvalue weighted by Gasteiger charge is 2.21. The molecule has 6 heteroatoms. The van der Waals surface area contributed by atoms with E-state index in [0.717, 1.165) is 23.9 Å². The van der Waals surface area contributed by atoms with E-state index in [1.807, 2.05) is 18.2 Å². The van der Waals surface area contributed by atoms with Crippen molar-refractivity contribution >= 4 is 39.1 Å². The van der Waals surface area contributed by atoms with E-state index in [-0.39, 0.29) is 17.9 Å². The van der Waals surface area contributed by atoms with E-state index in [1.54, 1.807) is 30.3 Å². The summed E-state index contributed by atoms with van der Waals surface area (Å²) >= 11 is 3.37. The zero-order chi connectivity index (χ0) is 16.9. The lowest BCUT2D eigenvalue weighted by Gasteiger charge is -2.12. The molecule has 124 valence electrons. The Bertz CT molecular complexity index is 757. The first-order valence-corrected chi connectivity index (χ1v) is 8.63. The number of nitrogens with one attached hydrogen (secondary N) is 3. The zero-order valence-corrected chi connectivity index (χ0v) is 14.6. The van der Waals surface area contributed by atoms with Gasteiger partial charge in [0.25, 0.3) is 5.91 Å². The summed E-state index contributed by atoms with van der Waals surface area (Å²) in [6.45, 7) is 0.875. The Morgan fingerprint density at radius 2 is 1.79 bits per heavy atom. The Balaban J connectivity index is 1.68. The molecule has 1 saturated heterocycles. The number of anilines is 2. The fraction of sp³-hybridized carbons (Fsp3) is 0.222. The van der Waals surface area contributed by atoms with Gasteiger partial charge in [-0.25, -0.2) is 0 Å². The first-order chi connectivity index (χ1) is 11.6. The summed E-state index contributed by atoms with van der Waals surface area (Å²) in [5, 5.41) is 8.90. The second-order valence-electron chi connectivity index (χ2n) is 5.65. The first kappa shape index (κ1) is 16.7. The number of benzene rings is 2. The highest BCUT2D eigenvalue weighted by atomic mass is 79.9. The van der Waals surface area contributed by atoms with E-state index < -0.39 is 0 Å². The van der Waals surface area contributed by atoms with E-state index in [0.29, 0.717) is 16.9 Å². The summed E-state index contributed by atoms with van der Waals surface area (Å²) in [6, 6.07) is 14.2. The van der Waals surface area contributed by atoms with Gasteiger partial charge in [-0.05, 0) is 65.6 Å². The average molecular weight is 388 g/mol. The molecule has 1 aliphatic rings. The van der Waals surface area contributed by atoms with Crippen molar-refractivity contribution in [3.63, 3.8) is 0 Å². The minimum absolute atomic E-state index is 0.0400. The highest BCUT2D eigenvalue weighted by molar-refractivity contribution is 9.10. The Morgan fingerprint density at radius 3 is 2.50 bits per heavy atom. The van der Waals surface area contributed by atoms with Gasteiger partial charge < -0.3 is 16.0 Å². The largest absolute Gasteiger partial charge is 0.325 e. The fourth-order valence-corrected chi connectivity index (χ4v) is 3.12. The van der Waals surface area contributed by atoms with Crippen molar-refractivity contribution in [2.45, 2.75) is 18.9 Å². The third-order valence-corrected chi connectivity index (χ3v) is 4.57. The number of rotatable bonds is 4. The quantitative estimate of drug-likeness (QED) is 0.752. The number of carbonyl (C=O) groups excluding carboxylic acids is 2. The predicted octanol–water partition coefficient (Wildman–Crippen LogP) is 3.39. The van der Waals surface area contributed by atoms with Gasteiger partial charge >= 0.3 is 0 Å². The van der Waals surface area contributed by atoms with E-state index in [2.05, 4.69) is 31.9 Å². The van der Waals surface area contributed by atoms with Gasteiger partial charge in [0.15, 0.2) is 0 Å². The second-order valence-corrected chi connectivity index (χ2v) is 6.51. The Morgan fingerprint density at radius 1 is 1.04 bits per heavy atom. The van der Waals surface area contributed by atoms with E-state index in [4.69, 9.17) is 0 Å². The molecule has 0 spiro atoms. The highest BCUT2D eigenvalue weighted by Crippen LogP contribution is 2.20. The van der Waals surface area contributed by atoms with Crippen molar-refractivity contribution in [1.29, 1.82) is 0 Å². The van der Waals surface area contributed by atoms with Crippen molar-refractivity contribution in [3.8, 4) is 0 Å². The van der Waals surface area contributed by atoms with Crippen molar-refractivity contribution in [1.82, 2.24) is 5.32 Å². The van der Waals surface area contributed by atoms with Crippen LogP contribution in [0, 0.1) is 0 Å². The van der Waals surface area contributed by atoms with Gasteiger partial charge in [-0.1, -0.05) is 18.2 Å². The molecule has 1 heterocycles. The summed E-state index contributed by atoms with van der Waals surface area (Å²) in [4.78, 5) is 24.5. The van der Waals surface area contributed by atoms with Gasteiger partial charge in [-0.15, -0.1) is 0 Å². The van der Waals surface area contributed by atoms with E-state index in [9.17, 15) is 9.59 Å². The van der Waals surface area contributed by atoms with Crippen molar-refractivity contribution in [2.24, 2.45) is 0 Å². The topological polar surface area (TPSA) is 70.2 Å². The smallest absolute Gasteiger partial charge is 0.256 e. The summed E-state index contributed by atoms with van der Waals surface area (Å²) < 4.78 is 0.735. The van der Waals surface area contributed by atoms with Gasteiger partial charge in [0.1, 0.15) is 0 Å². The maximum atomic E-state index is 12.3. The van der Waals surface area contributed by atoms with Gasteiger partial charge in [0, 0.05) is 15.8 Å². The second kappa shape index (κ2) is 7.59. The van der Waals surface area contributed by atoms with Crippen LogP contribution in [0.3, 0.4) is 0 Å². The third kappa shape index (κ3) is 4.01. The van der Waals surface area contributed by atoms with Crippen LogP contribution in [0.4, 0.5) is 11.4 Å². The molecule has 1 fully saturated rings. The Hall–Kier alpha value is -2.18. The molecule has 2 aromatic rings. The number of halogens is 1. The molecule has 24 heavy (non-hydrogen) atoms. The lowest BCUT2D eigenvalue weighted by Crippen LogP contribution is -2.35. The minimum Gasteiger partial charge on any atom is -0.325 e. The number of hydrogen-bond donors (Lipinski definition) is 3. The van der Waals surface area contributed by atoms with Crippen LogP contribution in [0.5, 0.6) is 0 Å². The van der Waals surface area contributed by atoms with Crippen LogP contribution in [0.1, 0.15) is 23.2 Å². The van der Waals surface area contributed by atoms with Gasteiger partial charge in [0.2, 0.25) is 5.91 Å². The molecule has 1 atom stereocenters. The molecular weight excluding hydrogens is 370 g/mol. The Labute approximate surface area is 149 Å². The molecule has 1 aliphatic heterocycles. The lowest BCUT2D eigenvalue weighted by molar-refractivity contribution is -0.117. The molecule has 2 aromatic carbocycles. The van der Waals surface area contributed by atoms with Crippen LogP contribution in [0.15, 0.2) is 53.0 Å². The third-order valence-electron chi connectivity index (χ3n) is 3.88. The molecule has 0 aliphatic carbocycles. The zero-order valence-electron chi connectivity index (χ0n) is 13.0. The summed E-state index contributed by atoms with van der Waals surface area (Å²) in [5.41, 5.74) is 1.86. The fourth-order valence-electron chi connectivity index (χ4n) is 2.66. The van der Waals surface area contributed by atoms with Gasteiger partial charge in [-0.2, -0.15) is 0 Å². The van der Waals surface area contributed by atoms with Crippen LogP contribution in [0.2, 0.25) is 0 Å². The average Bonchev–Trinajstić information content (AvgIpc) is 3.10. The Kier molecular flexibility index (Phi) is 5.27. The van der Waals surface area contributed by atoms with Crippen LogP contribution in [-0.4, -0.2) is 24.4 Å². The monoisotopic (exact) mass is 387 g/mol. The van der Waals surface area contributed by atoms with Gasteiger partial charge in [-0.3, -0.25) is 9.59 Å². The van der Waals surface area contributed by atoms with Crippen LogP contribution < -0.4 is 16.0 Å². The molecule has 2 amide bonds. The van der Waals surface area contributed by atoms with E-state index in [1.165, 1.54) is 0 Å². The molecule has 0 aromatic heterocycles. The molecule has 0 bridgehead atoms. The SMILES string of the molecule is O=C(Nc1cccc(NC(=O)[C@@H]2CCCN2)c1)c1ccccc1Br. The van der Waals surface area contributed by atoms with Gasteiger partial charge in [0.05, 0.1) is 11.6 Å². The lowest BCUT2D eigenvalue weighted by atomic mass is 10.2. The molecule has 5 nitrogen and oxygen atoms in total. The molecule has 3 N–H and O–H groups in total. The van der Waals surface area contributed by atoms with Crippen molar-refractivity contribution in [2.75, 3.05) is 17.2 Å². The standard InChI is InChI=1S/C18H18BrN3O2/c19-15-8-2-1-7-14(15)17(23)21-12-5-3-6-13(11-12)22-18(24)16-9-4-10-20-16/h1-3,5-8,11,16,20H,4,9-10H2,(H,21,23)(H,22,24)/t16-/m0/s1. The molecule has 0 saturated carbocycles. The number of hydrogen-bond acceptors (Lipinski definition) is 3. The predicted molar refractivity (Wildman–Crippen MR) is 98.2 cm³/mol. The normalized spacial score (nSPS) is 16.6. The number of amides is 2. The van der Waals surface area contributed by atoms with Crippen LogP contribution in [-0.2, 0) is 4.79 Å². The van der Waals surface area contributed by atoms with Crippen molar-refractivity contribution in [3.05, 3.63) is 58.6 Å². The van der Waals surface area contributed by atoms with Crippen molar-refractivity contribution < 1.29 is 9.59 Å². The molecular formula is C18H18BrN3O2. The molecule has 0 unspecified atom stereocenters. The number of carbonyl (C=O) groups is 2. The maximum Gasteiger partial charge on any atom is 0.256 e. The maximum absolute atomic E-state index is 12.3. The van der Waals surface area contributed by atoms with Crippen LogP contribution >= 0.6 is 15.9 Å². The minimum atomic E-state index is -0.205. The summed E-state index contributed by atoms with van der Waals surface area (Å²) in [7, 11) is 0. The van der Waals surface area contributed by atoms with E-state index >= 15 is 0 Å². The molecule has 0 radical (unpaired) electrons. The molecule has 3 rings (SSSR count).